The first kappa shape index (κ1) is 16.2. The van der Waals surface area contributed by atoms with Crippen LogP contribution in [0.2, 0.25) is 0 Å². The zero-order chi connectivity index (χ0) is 16.2. The second-order valence-electron chi connectivity index (χ2n) is 4.99. The van der Waals surface area contributed by atoms with Gasteiger partial charge in [-0.3, -0.25) is 14.6 Å². The quantitative estimate of drug-likeness (QED) is 0.903. The highest BCUT2D eigenvalue weighted by molar-refractivity contribution is 5.92. The van der Waals surface area contributed by atoms with Gasteiger partial charge in [-0.2, -0.15) is 13.2 Å². The molecule has 0 aliphatic carbocycles. The Morgan fingerprint density at radius 2 is 1.95 bits per heavy atom. The van der Waals surface area contributed by atoms with E-state index >= 15 is 0 Å². The molecule has 0 spiro atoms. The fourth-order valence-electron chi connectivity index (χ4n) is 2.25. The maximum absolute atomic E-state index is 12.1. The lowest BCUT2D eigenvalue weighted by atomic mass is 9.95. The minimum absolute atomic E-state index is 0.211. The number of alkyl halides is 3. The zero-order valence-electron chi connectivity index (χ0n) is 11.6. The van der Waals surface area contributed by atoms with Crippen LogP contribution in [0, 0.1) is 5.92 Å². The Labute approximate surface area is 124 Å². The molecule has 2 rings (SSSR count). The molecule has 120 valence electrons. The number of nitrogens with zero attached hydrogens (tertiary/aromatic N) is 3. The van der Waals surface area contributed by atoms with Crippen molar-refractivity contribution < 1.29 is 22.8 Å². The maximum atomic E-state index is 12.1. The van der Waals surface area contributed by atoms with Gasteiger partial charge in [0.25, 0.3) is 5.91 Å². The van der Waals surface area contributed by atoms with Crippen LogP contribution < -0.4 is 5.32 Å². The summed E-state index contributed by atoms with van der Waals surface area (Å²) in [6.45, 7) is -0.719. The number of rotatable bonds is 3. The van der Waals surface area contributed by atoms with Crippen molar-refractivity contribution in [1.29, 1.82) is 0 Å². The monoisotopic (exact) mass is 316 g/mol. The Balaban J connectivity index is 1.83. The lowest BCUT2D eigenvalue weighted by molar-refractivity contribution is -0.141. The Morgan fingerprint density at radius 3 is 2.50 bits per heavy atom. The van der Waals surface area contributed by atoms with E-state index in [4.69, 9.17) is 0 Å². The van der Waals surface area contributed by atoms with Gasteiger partial charge in [-0.25, -0.2) is 4.98 Å². The average molecular weight is 316 g/mol. The number of halogens is 3. The Bertz CT molecular complexity index is 528. The van der Waals surface area contributed by atoms with Gasteiger partial charge in [0.15, 0.2) is 0 Å². The minimum atomic E-state index is -4.42. The molecule has 1 saturated heterocycles. The van der Waals surface area contributed by atoms with Gasteiger partial charge in [-0.1, -0.05) is 0 Å². The predicted octanol–water partition coefficient (Wildman–Crippen LogP) is 1.01. The number of piperidine rings is 1. The van der Waals surface area contributed by atoms with E-state index in [-0.39, 0.29) is 11.6 Å². The van der Waals surface area contributed by atoms with Crippen LogP contribution in [0.25, 0.3) is 0 Å². The highest BCUT2D eigenvalue weighted by atomic mass is 19.4. The lowest BCUT2D eigenvalue weighted by Crippen LogP contribution is -2.44. The summed E-state index contributed by atoms with van der Waals surface area (Å²) in [5.74, 6) is -1.42. The van der Waals surface area contributed by atoms with E-state index < -0.39 is 24.5 Å². The van der Waals surface area contributed by atoms with Gasteiger partial charge in [0.05, 0.1) is 6.20 Å². The van der Waals surface area contributed by atoms with Crippen LogP contribution in [0.4, 0.5) is 13.2 Å². The van der Waals surface area contributed by atoms with Crippen molar-refractivity contribution in [3.8, 4) is 0 Å². The second-order valence-corrected chi connectivity index (χ2v) is 4.99. The van der Waals surface area contributed by atoms with Crippen molar-refractivity contribution in [3.05, 3.63) is 24.3 Å². The molecule has 0 aromatic carbocycles. The van der Waals surface area contributed by atoms with Gasteiger partial charge >= 0.3 is 6.18 Å². The van der Waals surface area contributed by atoms with Crippen molar-refractivity contribution in [1.82, 2.24) is 20.2 Å². The van der Waals surface area contributed by atoms with Crippen LogP contribution in [0.5, 0.6) is 0 Å². The van der Waals surface area contributed by atoms with Crippen LogP contribution >= 0.6 is 0 Å². The third-order valence-corrected chi connectivity index (χ3v) is 3.40. The molecule has 0 radical (unpaired) electrons. The first-order valence-corrected chi connectivity index (χ1v) is 6.76. The maximum Gasteiger partial charge on any atom is 0.405 e. The molecule has 2 amide bonds. The fraction of sp³-hybridized carbons (Fsp3) is 0.538. The Kier molecular flexibility index (Phi) is 4.94. The number of nitrogens with one attached hydrogen (secondary N) is 1. The summed E-state index contributed by atoms with van der Waals surface area (Å²) in [4.78, 5) is 33.0. The van der Waals surface area contributed by atoms with Crippen molar-refractivity contribution >= 4 is 11.8 Å². The normalized spacial score (nSPS) is 16.4. The highest BCUT2D eigenvalue weighted by Crippen LogP contribution is 2.19. The summed E-state index contributed by atoms with van der Waals surface area (Å²) >= 11 is 0. The molecule has 0 atom stereocenters. The molecule has 1 N–H and O–H groups in total. The van der Waals surface area contributed by atoms with Crippen LogP contribution in [0.3, 0.4) is 0 Å². The van der Waals surface area contributed by atoms with E-state index in [0.29, 0.717) is 25.9 Å². The molecular weight excluding hydrogens is 301 g/mol. The number of carbonyl (C=O) groups is 2. The van der Waals surface area contributed by atoms with Crippen LogP contribution in [0.1, 0.15) is 23.3 Å². The number of hydrogen-bond donors (Lipinski definition) is 1. The third kappa shape index (κ3) is 4.40. The number of amides is 2. The predicted molar refractivity (Wildman–Crippen MR) is 69.7 cm³/mol. The molecule has 22 heavy (non-hydrogen) atoms. The van der Waals surface area contributed by atoms with Gasteiger partial charge in [-0.05, 0) is 12.8 Å². The molecule has 6 nitrogen and oxygen atoms in total. The van der Waals surface area contributed by atoms with Crippen molar-refractivity contribution in [2.24, 2.45) is 5.92 Å². The van der Waals surface area contributed by atoms with Gasteiger partial charge in [0.1, 0.15) is 12.2 Å². The van der Waals surface area contributed by atoms with Crippen molar-refractivity contribution in [2.75, 3.05) is 19.6 Å². The summed E-state index contributed by atoms with van der Waals surface area (Å²) in [6, 6.07) is 0. The van der Waals surface area contributed by atoms with Crippen LogP contribution in [0.15, 0.2) is 18.6 Å². The van der Waals surface area contributed by atoms with E-state index in [1.165, 1.54) is 23.5 Å². The smallest absolute Gasteiger partial charge is 0.347 e. The van der Waals surface area contributed by atoms with Crippen molar-refractivity contribution in [2.45, 2.75) is 19.0 Å². The van der Waals surface area contributed by atoms with Gasteiger partial charge in [-0.15, -0.1) is 0 Å². The molecule has 1 aliphatic rings. The summed E-state index contributed by atoms with van der Waals surface area (Å²) in [7, 11) is 0. The summed E-state index contributed by atoms with van der Waals surface area (Å²) in [5.41, 5.74) is 0.211. The van der Waals surface area contributed by atoms with E-state index in [0.717, 1.165) is 0 Å². The topological polar surface area (TPSA) is 75.2 Å². The third-order valence-electron chi connectivity index (χ3n) is 3.40. The van der Waals surface area contributed by atoms with E-state index in [9.17, 15) is 22.8 Å². The fourth-order valence-corrected chi connectivity index (χ4v) is 2.25. The summed E-state index contributed by atoms with van der Waals surface area (Å²) < 4.78 is 36.2. The van der Waals surface area contributed by atoms with E-state index in [1.807, 2.05) is 5.32 Å². The molecule has 0 bridgehead atoms. The molecule has 0 unspecified atom stereocenters. The summed E-state index contributed by atoms with van der Waals surface area (Å²) in [6.07, 6.45) is 0.451. The van der Waals surface area contributed by atoms with Gasteiger partial charge in [0, 0.05) is 31.4 Å². The molecule has 1 aliphatic heterocycles. The molecule has 1 aromatic rings. The standard InChI is InChI=1S/C13H15F3N4O2/c14-13(15,16)8-19-11(21)9-1-5-20(6-2-9)12(22)10-7-17-3-4-18-10/h3-4,7,9H,1-2,5-6,8H2,(H,19,21). The van der Waals surface area contributed by atoms with E-state index in [1.54, 1.807) is 0 Å². The Morgan fingerprint density at radius 1 is 1.27 bits per heavy atom. The van der Waals surface area contributed by atoms with Gasteiger partial charge < -0.3 is 10.2 Å². The summed E-state index contributed by atoms with van der Waals surface area (Å²) in [5, 5.41) is 1.88. The molecule has 9 heteroatoms. The first-order chi connectivity index (χ1) is 10.4. The van der Waals surface area contributed by atoms with Crippen LogP contribution in [-0.4, -0.2) is 52.5 Å². The number of carbonyl (C=O) groups excluding carboxylic acids is 2. The van der Waals surface area contributed by atoms with Crippen molar-refractivity contribution in [3.63, 3.8) is 0 Å². The van der Waals surface area contributed by atoms with Crippen LogP contribution in [-0.2, 0) is 4.79 Å². The number of aromatic nitrogens is 2. The SMILES string of the molecule is O=C(NCC(F)(F)F)C1CCN(C(=O)c2cnccn2)CC1. The first-order valence-electron chi connectivity index (χ1n) is 6.76. The highest BCUT2D eigenvalue weighted by Gasteiger charge is 2.32. The molecule has 1 aromatic heterocycles. The largest absolute Gasteiger partial charge is 0.405 e. The average Bonchev–Trinajstić information content (AvgIpc) is 2.52. The molecule has 0 saturated carbocycles. The number of hydrogen-bond acceptors (Lipinski definition) is 4. The minimum Gasteiger partial charge on any atom is -0.347 e. The Hall–Kier alpha value is -2.19. The molecule has 2 heterocycles. The van der Waals surface area contributed by atoms with E-state index in [2.05, 4.69) is 9.97 Å². The lowest BCUT2D eigenvalue weighted by Gasteiger charge is -2.31. The van der Waals surface area contributed by atoms with Gasteiger partial charge in [0.2, 0.25) is 5.91 Å². The number of likely N-dealkylation sites (tertiary alicyclic amines) is 1. The molecule has 1 fully saturated rings. The zero-order valence-corrected chi connectivity index (χ0v) is 11.6. The molecular formula is C13H15F3N4O2. The second kappa shape index (κ2) is 6.71.